The third-order valence-corrected chi connectivity index (χ3v) is 6.89. The molecule has 3 heterocycles. The minimum absolute atomic E-state index is 0.00887. The second kappa shape index (κ2) is 9.14. The normalized spacial score (nSPS) is 18.4. The molecular weight excluding hydrogens is 450 g/mol. The van der Waals surface area contributed by atoms with Crippen LogP contribution in [0.1, 0.15) is 35.7 Å². The van der Waals surface area contributed by atoms with Crippen molar-refractivity contribution < 1.29 is 9.21 Å². The molecule has 1 aliphatic rings. The summed E-state index contributed by atoms with van der Waals surface area (Å²) in [6, 6.07) is 11.8. The maximum Gasteiger partial charge on any atom is 0.295 e. The molecule has 0 bridgehead atoms. The first kappa shape index (κ1) is 22.5. The smallest absolute Gasteiger partial charge is 0.295 e. The van der Waals surface area contributed by atoms with Crippen LogP contribution in [-0.2, 0) is 7.05 Å². The van der Waals surface area contributed by atoms with E-state index in [1.165, 1.54) is 0 Å². The highest BCUT2D eigenvalue weighted by Crippen LogP contribution is 2.30. The molecule has 1 amide bonds. The number of aryl methyl sites for hydroxylation is 2. The average molecular weight is 478 g/mol. The van der Waals surface area contributed by atoms with E-state index in [0.717, 1.165) is 29.8 Å². The van der Waals surface area contributed by atoms with Crippen LogP contribution in [0.3, 0.4) is 0 Å². The van der Waals surface area contributed by atoms with Crippen LogP contribution in [0.4, 0.5) is 6.01 Å². The van der Waals surface area contributed by atoms with Gasteiger partial charge in [-0.15, -0.1) is 0 Å². The number of amides is 1. The number of hydrogen-bond acceptors (Lipinski definition) is 5. The minimum atomic E-state index is 0.00887. The zero-order chi connectivity index (χ0) is 23.8. The standard InChI is InChI=1S/C26H28ClN5O2/c1-16-6-8-19(24-28-10-12-31(24)3)20(13-16)25(33)32-11-4-5-17(2)22(32)15-29-26-30-21-14-18(27)7-9-23(21)34-26/h6-10,12-14,17,22H,4-5,11,15H2,1-3H3,(H,29,30)/t17-,22?/m1/s1. The summed E-state index contributed by atoms with van der Waals surface area (Å²) in [4.78, 5) is 24.9. The molecule has 1 N–H and O–H groups in total. The SMILES string of the molecule is Cc1ccc(-c2nccn2C)c(C(=O)N2CCC[C@@H](C)C2CNc2nc3cc(Cl)ccc3o2)c1. The van der Waals surface area contributed by atoms with E-state index in [4.69, 9.17) is 16.0 Å². The highest BCUT2D eigenvalue weighted by molar-refractivity contribution is 6.31. The summed E-state index contributed by atoms with van der Waals surface area (Å²) in [5.74, 6) is 1.16. The number of benzene rings is 2. The summed E-state index contributed by atoms with van der Waals surface area (Å²) in [7, 11) is 1.94. The monoisotopic (exact) mass is 477 g/mol. The van der Waals surface area contributed by atoms with Crippen molar-refractivity contribution in [2.75, 3.05) is 18.4 Å². The van der Waals surface area contributed by atoms with Gasteiger partial charge in [0.25, 0.3) is 11.9 Å². The number of hydrogen-bond donors (Lipinski definition) is 1. The number of carbonyl (C=O) groups is 1. The molecule has 2 aromatic heterocycles. The second-order valence-electron chi connectivity index (χ2n) is 9.11. The Morgan fingerprint density at radius 3 is 2.91 bits per heavy atom. The van der Waals surface area contributed by atoms with Crippen molar-refractivity contribution in [2.24, 2.45) is 13.0 Å². The van der Waals surface area contributed by atoms with Gasteiger partial charge in [-0.1, -0.05) is 36.2 Å². The predicted molar refractivity (Wildman–Crippen MR) is 134 cm³/mol. The second-order valence-corrected chi connectivity index (χ2v) is 9.54. The van der Waals surface area contributed by atoms with Gasteiger partial charge in [0, 0.05) is 43.1 Å². The van der Waals surface area contributed by atoms with Crippen molar-refractivity contribution in [3.63, 3.8) is 0 Å². The highest BCUT2D eigenvalue weighted by atomic mass is 35.5. The van der Waals surface area contributed by atoms with E-state index in [-0.39, 0.29) is 11.9 Å². The van der Waals surface area contributed by atoms with Crippen LogP contribution in [0.2, 0.25) is 5.02 Å². The van der Waals surface area contributed by atoms with Crippen LogP contribution in [0.5, 0.6) is 0 Å². The van der Waals surface area contributed by atoms with Gasteiger partial charge in [-0.05, 0) is 49.9 Å². The Hall–Kier alpha value is -3.32. The summed E-state index contributed by atoms with van der Waals surface area (Å²) in [6.45, 7) is 5.48. The van der Waals surface area contributed by atoms with E-state index in [1.54, 1.807) is 18.3 Å². The zero-order valence-corrected chi connectivity index (χ0v) is 20.3. The van der Waals surface area contributed by atoms with Gasteiger partial charge >= 0.3 is 0 Å². The van der Waals surface area contributed by atoms with E-state index >= 15 is 0 Å². The van der Waals surface area contributed by atoms with E-state index in [9.17, 15) is 4.79 Å². The molecule has 1 unspecified atom stereocenters. The summed E-state index contributed by atoms with van der Waals surface area (Å²) in [5, 5.41) is 3.94. The number of piperidine rings is 1. The van der Waals surface area contributed by atoms with Crippen LogP contribution >= 0.6 is 11.6 Å². The van der Waals surface area contributed by atoms with Crippen LogP contribution < -0.4 is 5.32 Å². The van der Waals surface area contributed by atoms with E-state index in [1.807, 2.05) is 53.9 Å². The Bertz CT molecular complexity index is 1340. The topological polar surface area (TPSA) is 76.2 Å². The van der Waals surface area contributed by atoms with E-state index < -0.39 is 0 Å². The highest BCUT2D eigenvalue weighted by Gasteiger charge is 2.34. The molecular formula is C26H28ClN5O2. The summed E-state index contributed by atoms with van der Waals surface area (Å²) >= 11 is 6.08. The maximum atomic E-state index is 13.9. The first-order valence-corrected chi connectivity index (χ1v) is 12.0. The lowest BCUT2D eigenvalue weighted by molar-refractivity contribution is 0.0540. The first-order chi connectivity index (χ1) is 16.4. The molecule has 0 saturated carbocycles. The van der Waals surface area contributed by atoms with E-state index in [2.05, 4.69) is 22.2 Å². The molecule has 5 rings (SSSR count). The molecule has 1 saturated heterocycles. The van der Waals surface area contributed by atoms with Gasteiger partial charge in [0.05, 0.1) is 11.6 Å². The molecule has 34 heavy (non-hydrogen) atoms. The summed E-state index contributed by atoms with van der Waals surface area (Å²) in [6.07, 6.45) is 5.70. The fourth-order valence-electron chi connectivity index (χ4n) is 4.79. The Morgan fingerprint density at radius 2 is 2.12 bits per heavy atom. The van der Waals surface area contributed by atoms with Gasteiger partial charge in [0.15, 0.2) is 5.58 Å². The lowest BCUT2D eigenvalue weighted by Crippen LogP contribution is -2.51. The van der Waals surface area contributed by atoms with Crippen molar-refractivity contribution >= 4 is 34.6 Å². The zero-order valence-electron chi connectivity index (χ0n) is 19.6. The number of oxazole rings is 1. The Balaban J connectivity index is 1.42. The number of carbonyl (C=O) groups excluding carboxylic acids is 1. The molecule has 8 heteroatoms. The Morgan fingerprint density at radius 1 is 1.26 bits per heavy atom. The van der Waals surface area contributed by atoms with Gasteiger partial charge in [-0.25, -0.2) is 4.98 Å². The van der Waals surface area contributed by atoms with Crippen LogP contribution in [0.15, 0.2) is 53.2 Å². The number of anilines is 1. The molecule has 0 radical (unpaired) electrons. The number of aromatic nitrogens is 3. The van der Waals surface area contributed by atoms with Crippen LogP contribution in [0, 0.1) is 12.8 Å². The van der Waals surface area contributed by atoms with Gasteiger partial charge in [0.2, 0.25) is 0 Å². The molecule has 7 nitrogen and oxygen atoms in total. The molecule has 2 atom stereocenters. The van der Waals surface area contributed by atoms with Gasteiger partial charge < -0.3 is 19.2 Å². The fraction of sp³-hybridized carbons (Fsp3) is 0.346. The Kier molecular flexibility index (Phi) is 6.04. The molecule has 2 aromatic carbocycles. The number of nitrogens with one attached hydrogen (secondary N) is 1. The van der Waals surface area contributed by atoms with Crippen molar-refractivity contribution in [1.29, 1.82) is 0 Å². The van der Waals surface area contributed by atoms with Crippen molar-refractivity contribution in [3.8, 4) is 11.4 Å². The third-order valence-electron chi connectivity index (χ3n) is 6.66. The predicted octanol–water partition coefficient (Wildman–Crippen LogP) is 5.54. The quantitative estimate of drug-likeness (QED) is 0.408. The Labute approximate surface area is 203 Å². The van der Waals surface area contributed by atoms with Crippen molar-refractivity contribution in [2.45, 2.75) is 32.7 Å². The molecule has 4 aromatic rings. The summed E-state index contributed by atoms with van der Waals surface area (Å²) < 4.78 is 7.77. The number of imidazole rings is 1. The van der Waals surface area contributed by atoms with Crippen LogP contribution in [-0.4, -0.2) is 44.5 Å². The van der Waals surface area contributed by atoms with Gasteiger partial charge in [-0.3, -0.25) is 4.79 Å². The first-order valence-electron chi connectivity index (χ1n) is 11.6. The van der Waals surface area contributed by atoms with Crippen LogP contribution in [0.25, 0.3) is 22.5 Å². The minimum Gasteiger partial charge on any atom is -0.424 e. The molecule has 1 aliphatic heterocycles. The number of fused-ring (bicyclic) bond motifs is 1. The fourth-order valence-corrected chi connectivity index (χ4v) is 4.96. The lowest BCUT2D eigenvalue weighted by Gasteiger charge is -2.40. The molecule has 1 fully saturated rings. The number of rotatable bonds is 5. The van der Waals surface area contributed by atoms with Gasteiger partial charge in [-0.2, -0.15) is 4.98 Å². The average Bonchev–Trinajstić information content (AvgIpc) is 3.42. The summed E-state index contributed by atoms with van der Waals surface area (Å²) in [5.41, 5.74) is 3.97. The number of likely N-dealkylation sites (tertiary alicyclic amines) is 1. The maximum absolute atomic E-state index is 13.9. The number of nitrogens with zero attached hydrogens (tertiary/aromatic N) is 4. The van der Waals surface area contributed by atoms with Gasteiger partial charge in [0.1, 0.15) is 11.3 Å². The third kappa shape index (κ3) is 4.28. The lowest BCUT2D eigenvalue weighted by atomic mass is 9.89. The molecule has 0 spiro atoms. The largest absolute Gasteiger partial charge is 0.424 e. The number of halogens is 1. The molecule has 176 valence electrons. The van der Waals surface area contributed by atoms with E-state index in [0.29, 0.717) is 46.7 Å². The van der Waals surface area contributed by atoms with Crippen molar-refractivity contribution in [3.05, 3.63) is 64.9 Å². The van der Waals surface area contributed by atoms with Crippen molar-refractivity contribution in [1.82, 2.24) is 19.4 Å². The molecule has 0 aliphatic carbocycles.